The van der Waals surface area contributed by atoms with E-state index in [4.69, 9.17) is 4.52 Å². The van der Waals surface area contributed by atoms with E-state index in [1.54, 1.807) is 19.2 Å². The Balaban J connectivity index is 1.39. The third-order valence-electron chi connectivity index (χ3n) is 4.50. The Morgan fingerprint density at radius 3 is 2.72 bits per heavy atom. The van der Waals surface area contributed by atoms with Gasteiger partial charge in [0, 0.05) is 25.1 Å². The lowest BCUT2D eigenvalue weighted by atomic mass is 9.96. The summed E-state index contributed by atoms with van der Waals surface area (Å²) in [6.45, 7) is 3.36. The highest BCUT2D eigenvalue weighted by molar-refractivity contribution is 5.91. The third-order valence-corrected chi connectivity index (χ3v) is 4.50. The largest absolute Gasteiger partial charge is 0.360 e. The molecule has 2 aromatic heterocycles. The van der Waals surface area contributed by atoms with Crippen LogP contribution in [0, 0.1) is 12.8 Å². The first-order valence-electron chi connectivity index (χ1n) is 8.40. The van der Waals surface area contributed by atoms with Crippen molar-refractivity contribution in [1.82, 2.24) is 15.1 Å². The molecule has 1 aromatic carbocycles. The number of benzene rings is 1. The van der Waals surface area contributed by atoms with E-state index in [0.29, 0.717) is 11.6 Å². The standard InChI is InChI=1S/C18H19N5O2/c1-12-10-16(22-25-12)21-18(24)13-6-8-23(9-7-13)17-11-19-14-4-2-3-5-15(14)20-17/h2-5,10-11,13H,6-9H2,1H3,(H,21,22,24). The number of carbonyl (C=O) groups excluding carboxylic acids is 1. The van der Waals surface area contributed by atoms with Gasteiger partial charge in [0.1, 0.15) is 11.6 Å². The van der Waals surface area contributed by atoms with E-state index in [1.165, 1.54) is 0 Å². The second-order valence-corrected chi connectivity index (χ2v) is 6.29. The molecule has 1 aliphatic rings. The number of aryl methyl sites for hydroxylation is 1. The molecule has 0 aliphatic carbocycles. The van der Waals surface area contributed by atoms with Gasteiger partial charge in [-0.2, -0.15) is 0 Å². The summed E-state index contributed by atoms with van der Waals surface area (Å²) in [4.78, 5) is 23.7. The Morgan fingerprint density at radius 2 is 2.00 bits per heavy atom. The number of hydrogen-bond acceptors (Lipinski definition) is 6. The van der Waals surface area contributed by atoms with Gasteiger partial charge < -0.3 is 14.7 Å². The topological polar surface area (TPSA) is 84.2 Å². The number of anilines is 2. The number of para-hydroxylation sites is 2. The summed E-state index contributed by atoms with van der Waals surface area (Å²) in [5.74, 6) is 1.99. The lowest BCUT2D eigenvalue weighted by molar-refractivity contribution is -0.120. The zero-order valence-corrected chi connectivity index (χ0v) is 14.0. The van der Waals surface area contributed by atoms with Crippen LogP contribution in [0.5, 0.6) is 0 Å². The molecule has 0 saturated carbocycles. The van der Waals surface area contributed by atoms with Crippen molar-refractivity contribution in [2.24, 2.45) is 5.92 Å². The van der Waals surface area contributed by atoms with Crippen molar-refractivity contribution in [2.75, 3.05) is 23.3 Å². The van der Waals surface area contributed by atoms with Crippen molar-refractivity contribution in [3.63, 3.8) is 0 Å². The number of nitrogens with zero attached hydrogens (tertiary/aromatic N) is 4. The first-order chi connectivity index (χ1) is 12.2. The Bertz CT molecular complexity index is 899. The fourth-order valence-corrected chi connectivity index (χ4v) is 3.12. The quantitative estimate of drug-likeness (QED) is 0.791. The molecular weight excluding hydrogens is 318 g/mol. The van der Waals surface area contributed by atoms with Gasteiger partial charge in [-0.05, 0) is 31.9 Å². The zero-order chi connectivity index (χ0) is 17.2. The van der Waals surface area contributed by atoms with Crippen molar-refractivity contribution in [3.8, 4) is 0 Å². The maximum absolute atomic E-state index is 12.4. The predicted molar refractivity (Wildman–Crippen MR) is 94.3 cm³/mol. The summed E-state index contributed by atoms with van der Waals surface area (Å²) in [6, 6.07) is 9.55. The second-order valence-electron chi connectivity index (χ2n) is 6.29. The molecule has 1 N–H and O–H groups in total. The SMILES string of the molecule is Cc1cc(NC(=O)C2CCN(c3cnc4ccccc4n3)CC2)no1. The Labute approximate surface area is 145 Å². The van der Waals surface area contributed by atoms with Crippen molar-refractivity contribution in [2.45, 2.75) is 19.8 Å². The number of piperidine rings is 1. The third kappa shape index (κ3) is 3.31. The lowest BCUT2D eigenvalue weighted by Crippen LogP contribution is -2.38. The highest BCUT2D eigenvalue weighted by Gasteiger charge is 2.26. The van der Waals surface area contributed by atoms with Gasteiger partial charge in [-0.25, -0.2) is 4.98 Å². The molecule has 0 atom stereocenters. The van der Waals surface area contributed by atoms with E-state index < -0.39 is 0 Å². The Kier molecular flexibility index (Phi) is 4.05. The van der Waals surface area contributed by atoms with Gasteiger partial charge in [-0.1, -0.05) is 17.3 Å². The summed E-state index contributed by atoms with van der Waals surface area (Å²) in [6.07, 6.45) is 3.36. The molecule has 0 unspecified atom stereocenters. The van der Waals surface area contributed by atoms with Crippen LogP contribution in [-0.4, -0.2) is 34.1 Å². The molecule has 1 amide bonds. The van der Waals surface area contributed by atoms with Crippen LogP contribution in [0.15, 0.2) is 41.1 Å². The fraction of sp³-hybridized carbons (Fsp3) is 0.333. The van der Waals surface area contributed by atoms with E-state index in [2.05, 4.69) is 25.3 Å². The average Bonchev–Trinajstić information content (AvgIpc) is 3.06. The predicted octanol–water partition coefficient (Wildman–Crippen LogP) is 2.78. The number of fused-ring (bicyclic) bond motifs is 1. The first-order valence-corrected chi connectivity index (χ1v) is 8.40. The molecule has 7 heteroatoms. The van der Waals surface area contributed by atoms with Crippen LogP contribution >= 0.6 is 0 Å². The normalized spacial score (nSPS) is 15.5. The van der Waals surface area contributed by atoms with Crippen LogP contribution in [0.3, 0.4) is 0 Å². The molecule has 3 heterocycles. The number of hydrogen-bond donors (Lipinski definition) is 1. The summed E-state index contributed by atoms with van der Waals surface area (Å²) in [7, 11) is 0. The maximum atomic E-state index is 12.4. The number of aromatic nitrogens is 3. The van der Waals surface area contributed by atoms with Gasteiger partial charge in [-0.3, -0.25) is 9.78 Å². The first kappa shape index (κ1) is 15.6. The van der Waals surface area contributed by atoms with Crippen LogP contribution in [-0.2, 0) is 4.79 Å². The minimum atomic E-state index is -0.0262. The zero-order valence-electron chi connectivity index (χ0n) is 14.0. The van der Waals surface area contributed by atoms with E-state index >= 15 is 0 Å². The molecule has 4 rings (SSSR count). The minimum Gasteiger partial charge on any atom is -0.360 e. The molecule has 25 heavy (non-hydrogen) atoms. The molecule has 3 aromatic rings. The van der Waals surface area contributed by atoms with Gasteiger partial charge in [0.2, 0.25) is 5.91 Å². The molecule has 1 aliphatic heterocycles. The van der Waals surface area contributed by atoms with Gasteiger partial charge in [0.15, 0.2) is 5.82 Å². The van der Waals surface area contributed by atoms with Crippen LogP contribution in [0.1, 0.15) is 18.6 Å². The minimum absolute atomic E-state index is 0.00227. The van der Waals surface area contributed by atoms with Crippen molar-refractivity contribution in [1.29, 1.82) is 0 Å². The van der Waals surface area contributed by atoms with Gasteiger partial charge in [0.05, 0.1) is 17.2 Å². The smallest absolute Gasteiger partial charge is 0.228 e. The van der Waals surface area contributed by atoms with E-state index in [-0.39, 0.29) is 11.8 Å². The second kappa shape index (κ2) is 6.51. The number of nitrogens with one attached hydrogen (secondary N) is 1. The van der Waals surface area contributed by atoms with E-state index in [0.717, 1.165) is 42.8 Å². The van der Waals surface area contributed by atoms with Crippen LogP contribution in [0.4, 0.5) is 11.6 Å². The number of amides is 1. The molecule has 128 valence electrons. The number of carbonyl (C=O) groups is 1. The molecule has 0 bridgehead atoms. The van der Waals surface area contributed by atoms with Crippen molar-refractivity contribution >= 4 is 28.6 Å². The summed E-state index contributed by atoms with van der Waals surface area (Å²) >= 11 is 0. The summed E-state index contributed by atoms with van der Waals surface area (Å²) < 4.78 is 4.97. The maximum Gasteiger partial charge on any atom is 0.228 e. The highest BCUT2D eigenvalue weighted by Crippen LogP contribution is 2.24. The summed E-state index contributed by atoms with van der Waals surface area (Å²) in [5.41, 5.74) is 1.78. The van der Waals surface area contributed by atoms with Crippen molar-refractivity contribution in [3.05, 3.63) is 42.3 Å². The molecule has 1 saturated heterocycles. The van der Waals surface area contributed by atoms with Gasteiger partial charge in [-0.15, -0.1) is 0 Å². The van der Waals surface area contributed by atoms with Crippen LogP contribution in [0.25, 0.3) is 11.0 Å². The molecule has 0 radical (unpaired) electrons. The number of rotatable bonds is 3. The van der Waals surface area contributed by atoms with Gasteiger partial charge in [0.25, 0.3) is 0 Å². The molecule has 0 spiro atoms. The summed E-state index contributed by atoms with van der Waals surface area (Å²) in [5, 5.41) is 6.63. The van der Waals surface area contributed by atoms with E-state index in [9.17, 15) is 4.79 Å². The molecular formula is C18H19N5O2. The Hall–Kier alpha value is -2.96. The lowest BCUT2D eigenvalue weighted by Gasteiger charge is -2.31. The van der Waals surface area contributed by atoms with E-state index in [1.807, 2.05) is 24.3 Å². The fourth-order valence-electron chi connectivity index (χ4n) is 3.12. The highest BCUT2D eigenvalue weighted by atomic mass is 16.5. The monoisotopic (exact) mass is 337 g/mol. The molecule has 1 fully saturated rings. The van der Waals surface area contributed by atoms with Gasteiger partial charge >= 0.3 is 0 Å². The average molecular weight is 337 g/mol. The Morgan fingerprint density at radius 1 is 1.24 bits per heavy atom. The van der Waals surface area contributed by atoms with Crippen LogP contribution < -0.4 is 10.2 Å². The van der Waals surface area contributed by atoms with Crippen molar-refractivity contribution < 1.29 is 9.32 Å². The van der Waals surface area contributed by atoms with Crippen LogP contribution in [0.2, 0.25) is 0 Å². The molecule has 7 nitrogen and oxygen atoms in total.